The Labute approximate surface area is 192 Å². The Kier molecular flexibility index (Phi) is 7.38. The highest BCUT2D eigenvalue weighted by atomic mass is 32.2. The largest absolute Gasteiger partial charge is 0.497 e. The number of amides is 1. The minimum absolute atomic E-state index is 0.0515. The molecule has 0 fully saturated rings. The quantitative estimate of drug-likeness (QED) is 0.440. The standard InChI is InChI=1S/C23H22N4O5S/c1-31-20-10-7-18(8-11-20)27-33(29,30)22-13-19(9-12-21(22)32-2)26-23(28)15-25-17-5-3-16(14-24)4-6-17/h3-13,25,27H,15H2,1-2H3,(H,26,28). The van der Waals surface area contributed by atoms with Crippen molar-refractivity contribution in [3.8, 4) is 17.6 Å². The van der Waals surface area contributed by atoms with Crippen molar-refractivity contribution in [3.63, 3.8) is 0 Å². The van der Waals surface area contributed by atoms with Gasteiger partial charge in [-0.3, -0.25) is 9.52 Å². The minimum atomic E-state index is -4.00. The van der Waals surface area contributed by atoms with Gasteiger partial charge in [-0.05, 0) is 66.7 Å². The third-order valence-electron chi connectivity index (χ3n) is 4.55. The molecule has 0 aromatic heterocycles. The molecule has 0 radical (unpaired) electrons. The van der Waals surface area contributed by atoms with Crippen molar-refractivity contribution in [1.29, 1.82) is 5.26 Å². The molecule has 3 N–H and O–H groups in total. The molecule has 0 aliphatic carbocycles. The number of hydrogen-bond donors (Lipinski definition) is 3. The summed E-state index contributed by atoms with van der Waals surface area (Å²) in [6.45, 7) is -0.0515. The van der Waals surface area contributed by atoms with Crippen LogP contribution >= 0.6 is 0 Å². The Bertz CT molecular complexity index is 1270. The fraction of sp³-hybridized carbons (Fsp3) is 0.130. The van der Waals surface area contributed by atoms with Gasteiger partial charge in [-0.15, -0.1) is 0 Å². The number of nitrogens with zero attached hydrogens (tertiary/aromatic N) is 1. The van der Waals surface area contributed by atoms with Gasteiger partial charge in [0.15, 0.2) is 0 Å². The molecule has 0 heterocycles. The number of ether oxygens (including phenoxy) is 2. The number of nitrogens with one attached hydrogen (secondary N) is 3. The molecule has 3 rings (SSSR count). The number of carbonyl (C=O) groups is 1. The number of nitriles is 1. The van der Waals surface area contributed by atoms with Crippen molar-refractivity contribution in [3.05, 3.63) is 72.3 Å². The molecular formula is C23H22N4O5S. The van der Waals surface area contributed by atoms with E-state index in [1.54, 1.807) is 54.6 Å². The number of benzene rings is 3. The summed E-state index contributed by atoms with van der Waals surface area (Å²) in [5.41, 5.74) is 1.82. The van der Waals surface area contributed by atoms with E-state index < -0.39 is 10.0 Å². The highest BCUT2D eigenvalue weighted by Gasteiger charge is 2.21. The van der Waals surface area contributed by atoms with E-state index in [4.69, 9.17) is 14.7 Å². The lowest BCUT2D eigenvalue weighted by molar-refractivity contribution is -0.114. The monoisotopic (exact) mass is 466 g/mol. The lowest BCUT2D eigenvalue weighted by atomic mass is 10.2. The van der Waals surface area contributed by atoms with Gasteiger partial charge < -0.3 is 20.1 Å². The van der Waals surface area contributed by atoms with Crippen molar-refractivity contribution < 1.29 is 22.7 Å². The SMILES string of the molecule is COc1ccc(NS(=O)(=O)c2cc(NC(=O)CNc3ccc(C#N)cc3)ccc2OC)cc1. The molecule has 1 amide bonds. The molecule has 33 heavy (non-hydrogen) atoms. The molecule has 9 nitrogen and oxygen atoms in total. The molecule has 10 heteroatoms. The van der Waals surface area contributed by atoms with E-state index in [1.807, 2.05) is 6.07 Å². The van der Waals surface area contributed by atoms with Crippen molar-refractivity contribution in [2.75, 3.05) is 36.1 Å². The normalized spacial score (nSPS) is 10.6. The van der Waals surface area contributed by atoms with Gasteiger partial charge >= 0.3 is 0 Å². The Morgan fingerprint density at radius 3 is 2.15 bits per heavy atom. The van der Waals surface area contributed by atoms with Gasteiger partial charge in [-0.25, -0.2) is 8.42 Å². The first-order chi connectivity index (χ1) is 15.8. The summed E-state index contributed by atoms with van der Waals surface area (Å²) in [5, 5.41) is 14.4. The molecule has 0 unspecified atom stereocenters. The Morgan fingerprint density at radius 2 is 1.55 bits per heavy atom. The number of rotatable bonds is 9. The van der Waals surface area contributed by atoms with Crippen LogP contribution in [0.25, 0.3) is 0 Å². The summed E-state index contributed by atoms with van der Waals surface area (Å²) in [6.07, 6.45) is 0. The zero-order valence-corrected chi connectivity index (χ0v) is 18.8. The Hall–Kier alpha value is -4.23. The first-order valence-corrected chi connectivity index (χ1v) is 11.2. The van der Waals surface area contributed by atoms with Crippen LogP contribution in [0.3, 0.4) is 0 Å². The maximum Gasteiger partial charge on any atom is 0.265 e. The van der Waals surface area contributed by atoms with Crippen LogP contribution in [0.1, 0.15) is 5.56 Å². The number of carbonyl (C=O) groups excluding carboxylic acids is 1. The van der Waals surface area contributed by atoms with Crippen LogP contribution in [0.5, 0.6) is 11.5 Å². The van der Waals surface area contributed by atoms with Crippen molar-refractivity contribution in [1.82, 2.24) is 0 Å². The highest BCUT2D eigenvalue weighted by molar-refractivity contribution is 7.92. The number of methoxy groups -OCH3 is 2. The van der Waals surface area contributed by atoms with Crippen LogP contribution in [0, 0.1) is 11.3 Å². The number of hydrogen-bond acceptors (Lipinski definition) is 7. The van der Waals surface area contributed by atoms with Gasteiger partial charge in [-0.1, -0.05) is 0 Å². The molecule has 0 aliphatic rings. The van der Waals surface area contributed by atoms with Gasteiger partial charge in [0.05, 0.1) is 32.4 Å². The second-order valence-corrected chi connectivity index (χ2v) is 8.44. The van der Waals surface area contributed by atoms with E-state index in [2.05, 4.69) is 15.4 Å². The van der Waals surface area contributed by atoms with Crippen molar-refractivity contribution >= 4 is 33.0 Å². The molecule has 0 spiro atoms. The Morgan fingerprint density at radius 1 is 0.909 bits per heavy atom. The van der Waals surface area contributed by atoms with Crippen LogP contribution in [-0.2, 0) is 14.8 Å². The van der Waals surface area contributed by atoms with Gasteiger partial charge in [0.2, 0.25) is 5.91 Å². The summed E-state index contributed by atoms with van der Waals surface area (Å²) in [5.74, 6) is 0.343. The third-order valence-corrected chi connectivity index (χ3v) is 5.95. The van der Waals surface area contributed by atoms with Gasteiger partial charge in [-0.2, -0.15) is 5.26 Å². The van der Waals surface area contributed by atoms with Gasteiger partial charge in [0.1, 0.15) is 16.4 Å². The second kappa shape index (κ2) is 10.4. The molecule has 0 atom stereocenters. The maximum atomic E-state index is 13.0. The molecule has 0 saturated carbocycles. The fourth-order valence-electron chi connectivity index (χ4n) is 2.88. The van der Waals surface area contributed by atoms with E-state index in [9.17, 15) is 13.2 Å². The molecule has 170 valence electrons. The van der Waals surface area contributed by atoms with Crippen LogP contribution in [-0.4, -0.2) is 35.1 Å². The summed E-state index contributed by atoms with van der Waals surface area (Å²) in [7, 11) is -1.12. The lowest BCUT2D eigenvalue weighted by Crippen LogP contribution is -2.22. The summed E-state index contributed by atoms with van der Waals surface area (Å²) < 4.78 is 38.7. The van der Waals surface area contributed by atoms with Crippen LogP contribution in [0.2, 0.25) is 0 Å². The van der Waals surface area contributed by atoms with Gasteiger partial charge in [0, 0.05) is 17.1 Å². The van der Waals surface area contributed by atoms with Gasteiger partial charge in [0.25, 0.3) is 10.0 Å². The van der Waals surface area contributed by atoms with Crippen molar-refractivity contribution in [2.45, 2.75) is 4.90 Å². The fourth-order valence-corrected chi connectivity index (χ4v) is 4.14. The topological polar surface area (TPSA) is 130 Å². The van der Waals surface area contributed by atoms with Crippen LogP contribution < -0.4 is 24.8 Å². The molecule has 0 aliphatic heterocycles. The molecule has 3 aromatic rings. The minimum Gasteiger partial charge on any atom is -0.497 e. The third kappa shape index (κ3) is 6.15. The van der Waals surface area contributed by atoms with E-state index in [1.165, 1.54) is 26.4 Å². The average Bonchev–Trinajstić information content (AvgIpc) is 2.83. The summed E-state index contributed by atoms with van der Waals surface area (Å²) >= 11 is 0. The molecule has 0 saturated heterocycles. The first-order valence-electron chi connectivity index (χ1n) is 9.73. The zero-order chi connectivity index (χ0) is 23.8. The van der Waals surface area contributed by atoms with E-state index >= 15 is 0 Å². The van der Waals surface area contributed by atoms with E-state index in [-0.39, 0.29) is 28.8 Å². The number of anilines is 3. The molecule has 0 bridgehead atoms. The summed E-state index contributed by atoms with van der Waals surface area (Å²) in [4.78, 5) is 12.2. The Balaban J connectivity index is 1.72. The highest BCUT2D eigenvalue weighted by Crippen LogP contribution is 2.29. The molecular weight excluding hydrogens is 444 g/mol. The average molecular weight is 467 g/mol. The van der Waals surface area contributed by atoms with Crippen LogP contribution in [0.4, 0.5) is 17.1 Å². The predicted octanol–water partition coefficient (Wildman–Crippen LogP) is 3.43. The van der Waals surface area contributed by atoms with E-state index in [0.29, 0.717) is 22.7 Å². The van der Waals surface area contributed by atoms with Crippen molar-refractivity contribution in [2.24, 2.45) is 0 Å². The lowest BCUT2D eigenvalue weighted by Gasteiger charge is -2.14. The smallest absolute Gasteiger partial charge is 0.265 e. The number of sulfonamides is 1. The van der Waals surface area contributed by atoms with Crippen LogP contribution in [0.15, 0.2) is 71.6 Å². The second-order valence-electron chi connectivity index (χ2n) is 6.79. The first kappa shape index (κ1) is 23.4. The predicted molar refractivity (Wildman–Crippen MR) is 125 cm³/mol. The van der Waals surface area contributed by atoms with E-state index in [0.717, 1.165) is 0 Å². The molecule has 3 aromatic carbocycles. The maximum absolute atomic E-state index is 13.0. The summed E-state index contributed by atoms with van der Waals surface area (Å²) in [6, 6.07) is 19.4. The zero-order valence-electron chi connectivity index (χ0n) is 18.0.